The summed E-state index contributed by atoms with van der Waals surface area (Å²) < 4.78 is 0. The highest BCUT2D eigenvalue weighted by molar-refractivity contribution is 5.88. The smallest absolute Gasteiger partial charge is 0.0672 e. The molecule has 102 valence electrons. The summed E-state index contributed by atoms with van der Waals surface area (Å²) in [5, 5.41) is 11.5. The summed E-state index contributed by atoms with van der Waals surface area (Å²) in [7, 11) is 0. The van der Waals surface area contributed by atoms with Gasteiger partial charge in [-0.2, -0.15) is 5.10 Å². The third-order valence-electron chi connectivity index (χ3n) is 4.19. The third-order valence-corrected chi connectivity index (χ3v) is 4.19. The van der Waals surface area contributed by atoms with Crippen molar-refractivity contribution in [1.82, 2.24) is 10.2 Å². The zero-order valence-electron chi connectivity index (χ0n) is 11.3. The molecule has 1 aliphatic rings. The van der Waals surface area contributed by atoms with Crippen LogP contribution >= 0.6 is 0 Å². The monoisotopic (exact) mass is 258 g/mol. The Morgan fingerprint density at radius 1 is 1.32 bits per heavy atom. The first-order valence-corrected chi connectivity index (χ1v) is 7.29. The average molecular weight is 258 g/mol. The lowest BCUT2D eigenvalue weighted by Crippen LogP contribution is -2.06. The Morgan fingerprint density at radius 2 is 2.16 bits per heavy atom. The number of H-pyrrole nitrogens is 1. The lowest BCUT2D eigenvalue weighted by atomic mass is 10.0. The normalized spacial score (nSPS) is 16.2. The van der Waals surface area contributed by atoms with Crippen LogP contribution in [-0.2, 0) is 0 Å². The van der Waals surface area contributed by atoms with Gasteiger partial charge in [-0.1, -0.05) is 25.7 Å². The fourth-order valence-electron chi connectivity index (χ4n) is 3.07. The van der Waals surface area contributed by atoms with Gasteiger partial charge >= 0.3 is 0 Å². The number of nitrogen functional groups attached to an aromatic ring is 1. The van der Waals surface area contributed by atoms with E-state index in [0.29, 0.717) is 0 Å². The van der Waals surface area contributed by atoms with Crippen LogP contribution in [0.1, 0.15) is 38.5 Å². The second kappa shape index (κ2) is 5.51. The Hall–Kier alpha value is -1.71. The molecule has 1 heterocycles. The van der Waals surface area contributed by atoms with E-state index in [1.165, 1.54) is 38.5 Å². The van der Waals surface area contributed by atoms with Crippen LogP contribution in [0.2, 0.25) is 0 Å². The molecule has 3 rings (SSSR count). The Balaban J connectivity index is 1.54. The molecular formula is C15H22N4. The van der Waals surface area contributed by atoms with Gasteiger partial charge in [0.15, 0.2) is 0 Å². The van der Waals surface area contributed by atoms with E-state index < -0.39 is 0 Å². The Kier molecular flexibility index (Phi) is 3.58. The van der Waals surface area contributed by atoms with Gasteiger partial charge in [0.1, 0.15) is 0 Å². The van der Waals surface area contributed by atoms with E-state index in [9.17, 15) is 0 Å². The van der Waals surface area contributed by atoms with Crippen molar-refractivity contribution in [3.63, 3.8) is 0 Å². The highest BCUT2D eigenvalue weighted by atomic mass is 15.1. The van der Waals surface area contributed by atoms with Gasteiger partial charge in [0.25, 0.3) is 0 Å². The summed E-state index contributed by atoms with van der Waals surface area (Å²) in [4.78, 5) is 0. The molecule has 2 aromatic rings. The lowest BCUT2D eigenvalue weighted by molar-refractivity contribution is 0.491. The van der Waals surface area contributed by atoms with Crippen molar-refractivity contribution < 1.29 is 0 Å². The molecule has 1 saturated carbocycles. The molecule has 1 aliphatic carbocycles. The van der Waals surface area contributed by atoms with Gasteiger partial charge in [-0.3, -0.25) is 5.10 Å². The van der Waals surface area contributed by atoms with Crippen LogP contribution < -0.4 is 11.1 Å². The Labute approximate surface area is 113 Å². The Bertz CT molecular complexity index is 540. The molecule has 19 heavy (non-hydrogen) atoms. The molecule has 1 aromatic heterocycles. The van der Waals surface area contributed by atoms with Crippen LogP contribution in [0.4, 0.5) is 11.4 Å². The van der Waals surface area contributed by atoms with Crippen molar-refractivity contribution in [2.24, 2.45) is 5.92 Å². The Morgan fingerprint density at radius 3 is 3.00 bits per heavy atom. The minimum Gasteiger partial charge on any atom is -0.397 e. The number of anilines is 2. The highest BCUT2D eigenvalue weighted by Gasteiger charge is 2.14. The second-order valence-corrected chi connectivity index (χ2v) is 5.62. The molecule has 0 radical (unpaired) electrons. The molecule has 0 atom stereocenters. The molecule has 0 bridgehead atoms. The SMILES string of the molecule is Nc1cc2cn[nH]c2cc1NCCCC1CCCC1. The van der Waals surface area contributed by atoms with Crippen molar-refractivity contribution in [2.45, 2.75) is 38.5 Å². The zero-order chi connectivity index (χ0) is 13.1. The van der Waals surface area contributed by atoms with E-state index in [0.717, 1.165) is 34.7 Å². The fraction of sp³-hybridized carbons (Fsp3) is 0.533. The molecule has 0 amide bonds. The molecule has 4 nitrogen and oxygen atoms in total. The van der Waals surface area contributed by atoms with Crippen LogP contribution in [0.25, 0.3) is 10.9 Å². The number of hydrogen-bond acceptors (Lipinski definition) is 3. The molecule has 4 N–H and O–H groups in total. The van der Waals surface area contributed by atoms with Gasteiger partial charge in [-0.15, -0.1) is 0 Å². The summed E-state index contributed by atoms with van der Waals surface area (Å²) in [6.07, 6.45) is 10.1. The number of rotatable bonds is 5. The summed E-state index contributed by atoms with van der Waals surface area (Å²) in [6.45, 7) is 1.00. The van der Waals surface area contributed by atoms with Gasteiger partial charge in [-0.25, -0.2) is 0 Å². The minimum atomic E-state index is 0.801. The van der Waals surface area contributed by atoms with E-state index in [1.807, 2.05) is 12.1 Å². The van der Waals surface area contributed by atoms with Gasteiger partial charge in [0.2, 0.25) is 0 Å². The number of aromatic nitrogens is 2. The fourth-order valence-corrected chi connectivity index (χ4v) is 3.07. The maximum Gasteiger partial charge on any atom is 0.0672 e. The maximum atomic E-state index is 6.05. The topological polar surface area (TPSA) is 66.7 Å². The minimum absolute atomic E-state index is 0.801. The third kappa shape index (κ3) is 2.83. The van der Waals surface area contributed by atoms with Crippen molar-refractivity contribution in [3.8, 4) is 0 Å². The number of benzene rings is 1. The van der Waals surface area contributed by atoms with Crippen LogP contribution in [0.3, 0.4) is 0 Å². The molecular weight excluding hydrogens is 236 g/mol. The van der Waals surface area contributed by atoms with Crippen LogP contribution in [-0.4, -0.2) is 16.7 Å². The molecule has 1 fully saturated rings. The summed E-state index contributed by atoms with van der Waals surface area (Å²) >= 11 is 0. The zero-order valence-corrected chi connectivity index (χ0v) is 11.3. The lowest BCUT2D eigenvalue weighted by Gasteiger charge is -2.11. The molecule has 4 heteroatoms. The van der Waals surface area contributed by atoms with Crippen molar-refractivity contribution >= 4 is 22.3 Å². The van der Waals surface area contributed by atoms with Crippen molar-refractivity contribution in [3.05, 3.63) is 18.3 Å². The predicted octanol–water partition coefficient (Wildman–Crippen LogP) is 3.53. The van der Waals surface area contributed by atoms with Gasteiger partial charge in [0, 0.05) is 11.9 Å². The van der Waals surface area contributed by atoms with E-state index in [4.69, 9.17) is 5.73 Å². The number of aromatic amines is 1. The van der Waals surface area contributed by atoms with E-state index in [2.05, 4.69) is 15.5 Å². The molecule has 0 unspecified atom stereocenters. The first-order chi connectivity index (χ1) is 9.33. The first-order valence-electron chi connectivity index (χ1n) is 7.29. The number of hydrogen-bond donors (Lipinski definition) is 3. The first kappa shape index (κ1) is 12.3. The molecule has 1 aromatic carbocycles. The largest absolute Gasteiger partial charge is 0.397 e. The number of nitrogens with two attached hydrogens (primary N) is 1. The van der Waals surface area contributed by atoms with Crippen molar-refractivity contribution in [2.75, 3.05) is 17.6 Å². The van der Waals surface area contributed by atoms with Gasteiger partial charge < -0.3 is 11.1 Å². The maximum absolute atomic E-state index is 6.05. The van der Waals surface area contributed by atoms with Crippen LogP contribution in [0.15, 0.2) is 18.3 Å². The summed E-state index contributed by atoms with van der Waals surface area (Å²) in [6, 6.07) is 4.02. The molecule has 0 aliphatic heterocycles. The molecule has 0 saturated heterocycles. The van der Waals surface area contributed by atoms with E-state index >= 15 is 0 Å². The summed E-state index contributed by atoms with van der Waals surface area (Å²) in [5.74, 6) is 0.967. The quantitative estimate of drug-likeness (QED) is 0.567. The van der Waals surface area contributed by atoms with Crippen molar-refractivity contribution in [1.29, 1.82) is 0 Å². The average Bonchev–Trinajstić information content (AvgIpc) is 3.05. The standard InChI is InChI=1S/C15H22N4/c16-13-8-12-10-18-19-14(12)9-15(13)17-7-3-6-11-4-1-2-5-11/h8-11,17H,1-7,16H2,(H,18,19). The van der Waals surface area contributed by atoms with Gasteiger partial charge in [0.05, 0.1) is 23.1 Å². The number of fused-ring (bicyclic) bond motifs is 1. The number of nitrogens with one attached hydrogen (secondary N) is 2. The van der Waals surface area contributed by atoms with Gasteiger partial charge in [-0.05, 0) is 30.9 Å². The highest BCUT2D eigenvalue weighted by Crippen LogP contribution is 2.29. The van der Waals surface area contributed by atoms with Crippen LogP contribution in [0.5, 0.6) is 0 Å². The van der Waals surface area contributed by atoms with E-state index in [1.54, 1.807) is 6.20 Å². The predicted molar refractivity (Wildman–Crippen MR) is 80.2 cm³/mol. The van der Waals surface area contributed by atoms with Crippen LogP contribution in [0, 0.1) is 5.92 Å². The summed E-state index contributed by atoms with van der Waals surface area (Å²) in [5.41, 5.74) is 8.90. The number of nitrogens with zero attached hydrogens (tertiary/aromatic N) is 1. The van der Waals surface area contributed by atoms with E-state index in [-0.39, 0.29) is 0 Å². The molecule has 0 spiro atoms. The second-order valence-electron chi connectivity index (χ2n) is 5.62.